The second-order valence-corrected chi connectivity index (χ2v) is 8.94. The molecule has 3 aromatic carbocycles. The largest absolute Gasteiger partial charge is 0.293 e. The SMILES string of the molecule is Cc1ccc(N=C2C(=O)N(CN3CCC(Cc4ccccc4)CC3)c3ccccc32)cc1. The number of carbonyl (C=O) groups excluding carboxylic acids is 1. The molecule has 5 rings (SSSR count). The van der Waals surface area contributed by atoms with E-state index in [2.05, 4.69) is 42.2 Å². The molecule has 4 nitrogen and oxygen atoms in total. The molecule has 2 aliphatic heterocycles. The molecule has 0 N–H and O–H groups in total. The van der Waals surface area contributed by atoms with Gasteiger partial charge in [-0.25, -0.2) is 4.99 Å². The summed E-state index contributed by atoms with van der Waals surface area (Å²) in [6, 6.07) is 26.8. The van der Waals surface area contributed by atoms with E-state index in [4.69, 9.17) is 4.99 Å². The Hall–Kier alpha value is -3.24. The number of aliphatic imine (C=N–C) groups is 1. The van der Waals surface area contributed by atoms with Crippen molar-refractivity contribution in [3.63, 3.8) is 0 Å². The summed E-state index contributed by atoms with van der Waals surface area (Å²) in [5.74, 6) is 0.715. The number of hydrogen-bond donors (Lipinski definition) is 0. The van der Waals surface area contributed by atoms with Crippen LogP contribution in [0.4, 0.5) is 11.4 Å². The van der Waals surface area contributed by atoms with E-state index in [0.717, 1.165) is 36.4 Å². The molecule has 0 aromatic heterocycles. The lowest BCUT2D eigenvalue weighted by molar-refractivity contribution is -0.112. The second-order valence-electron chi connectivity index (χ2n) is 8.94. The van der Waals surface area contributed by atoms with E-state index in [1.54, 1.807) is 0 Å². The molecule has 0 radical (unpaired) electrons. The van der Waals surface area contributed by atoms with Gasteiger partial charge in [0.15, 0.2) is 0 Å². The first kappa shape index (κ1) is 20.7. The molecule has 1 saturated heterocycles. The Balaban J connectivity index is 1.28. The molecule has 0 bridgehead atoms. The number of aryl methyl sites for hydroxylation is 1. The number of benzene rings is 3. The molecule has 0 unspecified atom stereocenters. The molecule has 2 aliphatic rings. The standard InChI is InChI=1S/C28H29N3O/c1-21-11-13-24(14-12-21)29-27-25-9-5-6-10-26(25)31(28(27)32)20-30-17-15-23(16-18-30)19-22-7-3-2-4-8-22/h2-14,23H,15-20H2,1H3. The lowest BCUT2D eigenvalue weighted by Crippen LogP contribution is -2.44. The minimum atomic E-state index is -0.00168. The van der Waals surface area contributed by atoms with E-state index >= 15 is 0 Å². The molecule has 2 heterocycles. The zero-order valence-corrected chi connectivity index (χ0v) is 18.6. The van der Waals surface area contributed by atoms with Crippen molar-refractivity contribution in [3.8, 4) is 0 Å². The third-order valence-corrected chi connectivity index (χ3v) is 6.59. The number of hydrogen-bond acceptors (Lipinski definition) is 3. The van der Waals surface area contributed by atoms with Crippen molar-refractivity contribution in [3.05, 3.63) is 95.6 Å². The second kappa shape index (κ2) is 9.09. The van der Waals surface area contributed by atoms with Crippen molar-refractivity contribution >= 4 is 23.0 Å². The third kappa shape index (κ3) is 4.37. The molecular weight excluding hydrogens is 394 g/mol. The van der Waals surface area contributed by atoms with Crippen LogP contribution in [0.1, 0.15) is 29.5 Å². The summed E-state index contributed by atoms with van der Waals surface area (Å²) in [5, 5.41) is 0. The fourth-order valence-electron chi connectivity index (χ4n) is 4.74. The van der Waals surface area contributed by atoms with Gasteiger partial charge in [-0.15, -0.1) is 0 Å². The van der Waals surface area contributed by atoms with Crippen molar-refractivity contribution in [2.24, 2.45) is 10.9 Å². The maximum atomic E-state index is 13.4. The van der Waals surface area contributed by atoms with Gasteiger partial charge < -0.3 is 0 Å². The number of likely N-dealkylation sites (tertiary alicyclic amines) is 1. The number of carbonyl (C=O) groups is 1. The molecule has 1 fully saturated rings. The Labute approximate surface area is 190 Å². The zero-order chi connectivity index (χ0) is 21.9. The first-order valence-electron chi connectivity index (χ1n) is 11.5. The van der Waals surface area contributed by atoms with Crippen LogP contribution >= 0.6 is 0 Å². The fraction of sp³-hybridized carbons (Fsp3) is 0.286. The van der Waals surface area contributed by atoms with Gasteiger partial charge in [0.2, 0.25) is 0 Å². The number of piperidine rings is 1. The molecule has 162 valence electrons. The van der Waals surface area contributed by atoms with Gasteiger partial charge in [0.05, 0.1) is 18.0 Å². The smallest absolute Gasteiger partial charge is 0.278 e. The molecule has 1 amide bonds. The lowest BCUT2D eigenvalue weighted by Gasteiger charge is -2.34. The molecule has 3 aromatic rings. The summed E-state index contributed by atoms with van der Waals surface area (Å²) in [6.07, 6.45) is 3.49. The highest BCUT2D eigenvalue weighted by atomic mass is 16.2. The topological polar surface area (TPSA) is 35.9 Å². The maximum Gasteiger partial charge on any atom is 0.278 e. The van der Waals surface area contributed by atoms with Gasteiger partial charge in [0, 0.05) is 18.7 Å². The molecule has 0 spiro atoms. The van der Waals surface area contributed by atoms with Crippen LogP contribution in [0.25, 0.3) is 0 Å². The Morgan fingerprint density at radius 2 is 1.56 bits per heavy atom. The predicted octanol–water partition coefficient (Wildman–Crippen LogP) is 5.37. The summed E-state index contributed by atoms with van der Waals surface area (Å²) >= 11 is 0. The average Bonchev–Trinajstić information content (AvgIpc) is 3.08. The summed E-state index contributed by atoms with van der Waals surface area (Å²) in [6.45, 7) is 4.72. The van der Waals surface area contributed by atoms with Gasteiger partial charge in [0.1, 0.15) is 5.71 Å². The lowest BCUT2D eigenvalue weighted by atomic mass is 9.90. The maximum absolute atomic E-state index is 13.4. The molecule has 0 atom stereocenters. The Kier molecular flexibility index (Phi) is 5.87. The van der Waals surface area contributed by atoms with Crippen molar-refractivity contribution in [2.75, 3.05) is 24.7 Å². The van der Waals surface area contributed by atoms with E-state index < -0.39 is 0 Å². The predicted molar refractivity (Wildman–Crippen MR) is 131 cm³/mol. The quantitative estimate of drug-likeness (QED) is 0.553. The minimum Gasteiger partial charge on any atom is -0.293 e. The molecule has 32 heavy (non-hydrogen) atoms. The summed E-state index contributed by atoms with van der Waals surface area (Å²) < 4.78 is 0. The number of anilines is 1. The van der Waals surface area contributed by atoms with Crippen molar-refractivity contribution in [2.45, 2.75) is 26.2 Å². The number of para-hydroxylation sites is 1. The van der Waals surface area contributed by atoms with Crippen molar-refractivity contribution in [1.82, 2.24) is 4.90 Å². The number of rotatable bonds is 5. The van der Waals surface area contributed by atoms with Gasteiger partial charge in [-0.05, 0) is 55.9 Å². The van der Waals surface area contributed by atoms with Crippen LogP contribution in [0.2, 0.25) is 0 Å². The van der Waals surface area contributed by atoms with Gasteiger partial charge in [-0.3, -0.25) is 14.6 Å². The number of amides is 1. The van der Waals surface area contributed by atoms with Crippen LogP contribution in [0.15, 0.2) is 83.9 Å². The third-order valence-electron chi connectivity index (χ3n) is 6.59. The van der Waals surface area contributed by atoms with E-state index in [1.807, 2.05) is 53.4 Å². The van der Waals surface area contributed by atoms with Gasteiger partial charge in [0.25, 0.3) is 5.91 Å². The van der Waals surface area contributed by atoms with Gasteiger partial charge >= 0.3 is 0 Å². The Morgan fingerprint density at radius 3 is 2.31 bits per heavy atom. The van der Waals surface area contributed by atoms with Crippen molar-refractivity contribution in [1.29, 1.82) is 0 Å². The van der Waals surface area contributed by atoms with Crippen LogP contribution in [-0.4, -0.2) is 36.3 Å². The monoisotopic (exact) mass is 423 g/mol. The van der Waals surface area contributed by atoms with Gasteiger partial charge in [-0.2, -0.15) is 0 Å². The van der Waals surface area contributed by atoms with Crippen LogP contribution in [0, 0.1) is 12.8 Å². The summed E-state index contributed by atoms with van der Waals surface area (Å²) in [4.78, 5) is 22.4. The van der Waals surface area contributed by atoms with E-state index in [0.29, 0.717) is 18.3 Å². The zero-order valence-electron chi connectivity index (χ0n) is 18.6. The normalized spacial score (nSPS) is 18.3. The molecule has 0 aliphatic carbocycles. The number of nitrogens with zero attached hydrogens (tertiary/aromatic N) is 3. The van der Waals surface area contributed by atoms with E-state index in [-0.39, 0.29) is 5.91 Å². The van der Waals surface area contributed by atoms with Crippen LogP contribution in [0.5, 0.6) is 0 Å². The fourth-order valence-corrected chi connectivity index (χ4v) is 4.74. The highest BCUT2D eigenvalue weighted by Crippen LogP contribution is 2.32. The van der Waals surface area contributed by atoms with Crippen molar-refractivity contribution < 1.29 is 4.79 Å². The van der Waals surface area contributed by atoms with Crippen LogP contribution < -0.4 is 4.90 Å². The summed E-state index contributed by atoms with van der Waals surface area (Å²) in [7, 11) is 0. The van der Waals surface area contributed by atoms with E-state index in [1.165, 1.54) is 24.0 Å². The molecule has 0 saturated carbocycles. The summed E-state index contributed by atoms with van der Waals surface area (Å²) in [5.41, 5.74) is 5.86. The molecule has 4 heteroatoms. The van der Waals surface area contributed by atoms with Crippen LogP contribution in [0.3, 0.4) is 0 Å². The minimum absolute atomic E-state index is 0.00168. The Morgan fingerprint density at radius 1 is 0.875 bits per heavy atom. The number of fused-ring (bicyclic) bond motifs is 1. The van der Waals surface area contributed by atoms with Gasteiger partial charge in [-0.1, -0.05) is 66.2 Å². The Bertz CT molecular complexity index is 1110. The highest BCUT2D eigenvalue weighted by Gasteiger charge is 2.35. The first-order valence-corrected chi connectivity index (χ1v) is 11.5. The highest BCUT2D eigenvalue weighted by molar-refractivity contribution is 6.54. The average molecular weight is 424 g/mol. The van der Waals surface area contributed by atoms with Crippen LogP contribution in [-0.2, 0) is 11.2 Å². The molecular formula is C28H29N3O. The van der Waals surface area contributed by atoms with E-state index in [9.17, 15) is 4.79 Å². The first-order chi connectivity index (χ1) is 15.7.